The van der Waals surface area contributed by atoms with E-state index in [-0.39, 0.29) is 18.9 Å². The topological polar surface area (TPSA) is 93.7 Å². The van der Waals surface area contributed by atoms with Gasteiger partial charge in [0.1, 0.15) is 18.7 Å². The van der Waals surface area contributed by atoms with Gasteiger partial charge < -0.3 is 20.1 Å². The van der Waals surface area contributed by atoms with Gasteiger partial charge in [0.05, 0.1) is 7.11 Å². The molecule has 7 heteroatoms. The van der Waals surface area contributed by atoms with Crippen LogP contribution in [0.15, 0.2) is 42.5 Å². The molecule has 0 aliphatic heterocycles. The zero-order chi connectivity index (χ0) is 20.4. The number of carbonyl (C=O) groups excluding carboxylic acids is 3. The molecule has 0 heterocycles. The van der Waals surface area contributed by atoms with Crippen molar-refractivity contribution in [2.75, 3.05) is 7.11 Å². The normalized spacial score (nSPS) is 12.6. The number of nitrogens with one attached hydrogen (secondary N) is 2. The Morgan fingerprint density at radius 3 is 2.26 bits per heavy atom. The summed E-state index contributed by atoms with van der Waals surface area (Å²) in [5.74, 6) is -1.27. The second-order valence-corrected chi connectivity index (χ2v) is 6.67. The van der Waals surface area contributed by atoms with E-state index < -0.39 is 30.1 Å². The fraction of sp³-hybridized carbons (Fsp3) is 0.450. The maximum atomic E-state index is 12.6. The molecule has 1 aromatic rings. The lowest BCUT2D eigenvalue weighted by molar-refractivity contribution is -0.145. The van der Waals surface area contributed by atoms with Crippen LogP contribution in [0.5, 0.6) is 0 Å². The molecule has 0 bridgehead atoms. The van der Waals surface area contributed by atoms with Gasteiger partial charge in [-0.2, -0.15) is 0 Å². The monoisotopic (exact) mass is 376 g/mol. The van der Waals surface area contributed by atoms with Crippen LogP contribution in [0.2, 0.25) is 0 Å². The molecule has 0 spiro atoms. The maximum absolute atomic E-state index is 12.6. The molecule has 0 aliphatic carbocycles. The minimum atomic E-state index is -0.858. The number of ether oxygens (including phenoxy) is 2. The molecule has 0 saturated carbocycles. The summed E-state index contributed by atoms with van der Waals surface area (Å²) in [4.78, 5) is 36.5. The summed E-state index contributed by atoms with van der Waals surface area (Å²) in [5, 5.41) is 5.17. The number of methoxy groups -OCH3 is 1. The van der Waals surface area contributed by atoms with E-state index in [4.69, 9.17) is 9.47 Å². The van der Waals surface area contributed by atoms with E-state index in [2.05, 4.69) is 17.2 Å². The molecule has 0 fully saturated rings. The van der Waals surface area contributed by atoms with Gasteiger partial charge in [-0.15, -0.1) is 6.58 Å². The molecule has 0 aromatic heterocycles. The van der Waals surface area contributed by atoms with Crippen LogP contribution in [-0.2, 0) is 25.7 Å². The first-order valence-electron chi connectivity index (χ1n) is 8.74. The first-order valence-corrected chi connectivity index (χ1v) is 8.74. The smallest absolute Gasteiger partial charge is 0.408 e. The van der Waals surface area contributed by atoms with Crippen molar-refractivity contribution >= 4 is 18.0 Å². The van der Waals surface area contributed by atoms with Crippen molar-refractivity contribution in [1.82, 2.24) is 10.6 Å². The van der Waals surface area contributed by atoms with E-state index in [1.165, 1.54) is 7.11 Å². The summed E-state index contributed by atoms with van der Waals surface area (Å²) < 4.78 is 9.88. The standard InChI is InChI=1S/C20H28N2O5/c1-13(2)11-16(19(24)26-5)21-18(23)17(14(3)4)22-20(25)27-12-15-9-7-6-8-10-15/h6-10,14,16-17H,1,11-12H2,2-5H3,(H,21,23)(H,22,25)/t16-,17-/m1/s1. The van der Waals surface area contributed by atoms with Gasteiger partial charge in [0.2, 0.25) is 5.91 Å². The Morgan fingerprint density at radius 2 is 1.74 bits per heavy atom. The molecule has 2 atom stereocenters. The Kier molecular flexibility index (Phi) is 9.05. The largest absolute Gasteiger partial charge is 0.467 e. The number of carbonyl (C=O) groups is 3. The van der Waals surface area contributed by atoms with Gasteiger partial charge >= 0.3 is 12.1 Å². The van der Waals surface area contributed by atoms with Gasteiger partial charge in [-0.3, -0.25) is 4.79 Å². The minimum Gasteiger partial charge on any atom is -0.467 e. The van der Waals surface area contributed by atoms with Crippen LogP contribution < -0.4 is 10.6 Å². The summed E-state index contributed by atoms with van der Waals surface area (Å²) in [7, 11) is 1.25. The van der Waals surface area contributed by atoms with Gasteiger partial charge in [-0.1, -0.05) is 49.8 Å². The third-order valence-corrected chi connectivity index (χ3v) is 3.79. The Labute approximate surface area is 160 Å². The van der Waals surface area contributed by atoms with Gasteiger partial charge in [-0.25, -0.2) is 9.59 Å². The molecule has 0 aliphatic rings. The zero-order valence-electron chi connectivity index (χ0n) is 16.3. The number of alkyl carbamates (subject to hydrolysis) is 1. The highest BCUT2D eigenvalue weighted by Crippen LogP contribution is 2.08. The van der Waals surface area contributed by atoms with Crippen LogP contribution in [0.25, 0.3) is 0 Å². The van der Waals surface area contributed by atoms with Gasteiger partial charge in [0, 0.05) is 0 Å². The molecular weight excluding hydrogens is 348 g/mol. The molecule has 0 unspecified atom stereocenters. The van der Waals surface area contributed by atoms with Crippen LogP contribution in [0.3, 0.4) is 0 Å². The summed E-state index contributed by atoms with van der Waals surface area (Å²) >= 11 is 0. The molecule has 148 valence electrons. The number of hydrogen-bond donors (Lipinski definition) is 2. The molecule has 2 amide bonds. The highest BCUT2D eigenvalue weighted by Gasteiger charge is 2.29. The molecule has 0 saturated heterocycles. The molecule has 2 N–H and O–H groups in total. The highest BCUT2D eigenvalue weighted by molar-refractivity contribution is 5.89. The summed E-state index contributed by atoms with van der Waals surface area (Å²) in [5.41, 5.74) is 1.56. The second kappa shape index (κ2) is 11.0. The molecule has 1 rings (SSSR count). The van der Waals surface area contributed by atoms with Crippen molar-refractivity contribution < 1.29 is 23.9 Å². The zero-order valence-corrected chi connectivity index (χ0v) is 16.3. The Bertz CT molecular complexity index is 658. The van der Waals surface area contributed by atoms with E-state index in [9.17, 15) is 14.4 Å². The molecular formula is C20H28N2O5. The maximum Gasteiger partial charge on any atom is 0.408 e. The van der Waals surface area contributed by atoms with E-state index in [0.29, 0.717) is 0 Å². The number of rotatable bonds is 9. The van der Waals surface area contributed by atoms with Crippen molar-refractivity contribution in [3.05, 3.63) is 48.0 Å². The van der Waals surface area contributed by atoms with Crippen LogP contribution in [0.4, 0.5) is 4.79 Å². The first kappa shape index (κ1) is 22.2. The van der Waals surface area contributed by atoms with Crippen LogP contribution in [0, 0.1) is 5.92 Å². The molecule has 27 heavy (non-hydrogen) atoms. The highest BCUT2D eigenvalue weighted by atomic mass is 16.5. The Balaban J connectivity index is 2.69. The lowest BCUT2D eigenvalue weighted by Crippen LogP contribution is -2.54. The average molecular weight is 376 g/mol. The van der Waals surface area contributed by atoms with Crippen molar-refractivity contribution in [3.8, 4) is 0 Å². The SMILES string of the molecule is C=C(C)C[C@@H](NC(=O)[C@H](NC(=O)OCc1ccccc1)C(C)C)C(=O)OC. The first-order chi connectivity index (χ1) is 12.7. The minimum absolute atomic E-state index is 0.0968. The van der Waals surface area contributed by atoms with Crippen LogP contribution >= 0.6 is 0 Å². The lowest BCUT2D eigenvalue weighted by atomic mass is 10.0. The third kappa shape index (κ3) is 7.94. The quantitative estimate of drug-likeness (QED) is 0.510. The van der Waals surface area contributed by atoms with Crippen molar-refractivity contribution in [2.45, 2.75) is 45.9 Å². The summed E-state index contributed by atoms with van der Waals surface area (Å²) in [6.07, 6.45) is -0.455. The van der Waals surface area contributed by atoms with Gasteiger partial charge in [0.15, 0.2) is 0 Å². The molecule has 1 aromatic carbocycles. The third-order valence-electron chi connectivity index (χ3n) is 3.79. The van der Waals surface area contributed by atoms with E-state index in [1.54, 1.807) is 20.8 Å². The number of amides is 2. The lowest BCUT2D eigenvalue weighted by Gasteiger charge is -2.24. The fourth-order valence-corrected chi connectivity index (χ4v) is 2.37. The number of hydrogen-bond acceptors (Lipinski definition) is 5. The summed E-state index contributed by atoms with van der Waals surface area (Å²) in [6.45, 7) is 9.17. The van der Waals surface area contributed by atoms with E-state index in [1.807, 2.05) is 30.3 Å². The van der Waals surface area contributed by atoms with Crippen molar-refractivity contribution in [1.29, 1.82) is 0 Å². The fourth-order valence-electron chi connectivity index (χ4n) is 2.37. The molecule has 7 nitrogen and oxygen atoms in total. The average Bonchev–Trinajstić information content (AvgIpc) is 2.63. The predicted octanol–water partition coefficient (Wildman–Crippen LogP) is 2.56. The van der Waals surface area contributed by atoms with E-state index in [0.717, 1.165) is 11.1 Å². The van der Waals surface area contributed by atoms with Crippen LogP contribution in [0.1, 0.15) is 32.8 Å². The van der Waals surface area contributed by atoms with Gasteiger partial charge in [0.25, 0.3) is 0 Å². The predicted molar refractivity (Wildman–Crippen MR) is 102 cm³/mol. The Morgan fingerprint density at radius 1 is 1.11 bits per heavy atom. The van der Waals surface area contributed by atoms with Gasteiger partial charge in [-0.05, 0) is 24.8 Å². The summed E-state index contributed by atoms with van der Waals surface area (Å²) in [6, 6.07) is 7.50. The van der Waals surface area contributed by atoms with Crippen molar-refractivity contribution in [2.24, 2.45) is 5.92 Å². The second-order valence-electron chi connectivity index (χ2n) is 6.67. The number of esters is 1. The van der Waals surface area contributed by atoms with Crippen molar-refractivity contribution in [3.63, 3.8) is 0 Å². The number of benzene rings is 1. The molecule has 0 radical (unpaired) electrons. The van der Waals surface area contributed by atoms with Crippen LogP contribution in [-0.4, -0.2) is 37.2 Å². The van der Waals surface area contributed by atoms with E-state index >= 15 is 0 Å². The Hall–Kier alpha value is -2.83.